The van der Waals surface area contributed by atoms with Crippen molar-refractivity contribution < 1.29 is 13.2 Å². The number of halogens is 1. The molecule has 0 saturated carbocycles. The Labute approximate surface area is 178 Å². The summed E-state index contributed by atoms with van der Waals surface area (Å²) in [5.74, 6) is -0.345. The van der Waals surface area contributed by atoms with Gasteiger partial charge in [-0.25, -0.2) is 13.6 Å². The van der Waals surface area contributed by atoms with Crippen molar-refractivity contribution >= 4 is 61.9 Å². The molecule has 11 heteroatoms. The van der Waals surface area contributed by atoms with Gasteiger partial charge in [-0.1, -0.05) is 29.8 Å². The molecule has 0 aromatic heterocycles. The second-order valence-corrected chi connectivity index (χ2v) is 8.31. The fraction of sp³-hybridized carbons (Fsp3) is 0.0556. The van der Waals surface area contributed by atoms with E-state index >= 15 is 0 Å². The number of benzene rings is 2. The Kier molecular flexibility index (Phi) is 5.99. The van der Waals surface area contributed by atoms with Gasteiger partial charge in [0, 0.05) is 17.1 Å². The van der Waals surface area contributed by atoms with Gasteiger partial charge in [0.1, 0.15) is 4.90 Å². The third-order valence-electron chi connectivity index (χ3n) is 3.97. The molecule has 0 fully saturated rings. The van der Waals surface area contributed by atoms with E-state index in [1.165, 1.54) is 23.1 Å². The molecule has 1 amide bonds. The van der Waals surface area contributed by atoms with Gasteiger partial charge in [0.15, 0.2) is 10.8 Å². The van der Waals surface area contributed by atoms with E-state index in [0.29, 0.717) is 22.8 Å². The van der Waals surface area contributed by atoms with Gasteiger partial charge in [-0.2, -0.15) is 5.10 Å². The molecule has 150 valence electrons. The number of nitrogens with zero attached hydrogens (tertiary/aromatic N) is 2. The fourth-order valence-electron chi connectivity index (χ4n) is 2.78. The van der Waals surface area contributed by atoms with Crippen LogP contribution in [0, 0.1) is 0 Å². The van der Waals surface area contributed by atoms with E-state index in [0.717, 1.165) is 0 Å². The van der Waals surface area contributed by atoms with E-state index in [1.54, 1.807) is 30.3 Å². The van der Waals surface area contributed by atoms with Crippen molar-refractivity contribution in [1.82, 2.24) is 5.43 Å². The summed E-state index contributed by atoms with van der Waals surface area (Å²) in [5, 5.41) is 12.5. The Morgan fingerprint density at radius 3 is 2.72 bits per heavy atom. The minimum Gasteiger partial charge on any atom is -0.330 e. The molecule has 2 aromatic rings. The molecule has 0 aliphatic carbocycles. The van der Waals surface area contributed by atoms with E-state index in [-0.39, 0.29) is 27.3 Å². The molecule has 0 radical (unpaired) electrons. The Morgan fingerprint density at radius 1 is 1.31 bits per heavy atom. The number of carbonyl (C=O) groups excluding carboxylic acids is 1. The summed E-state index contributed by atoms with van der Waals surface area (Å²) >= 11 is 11.2. The van der Waals surface area contributed by atoms with Crippen LogP contribution >= 0.6 is 23.8 Å². The van der Waals surface area contributed by atoms with Crippen LogP contribution in [0.15, 0.2) is 65.1 Å². The SMILES string of the molecule is C=CCN1C(=O)C(=NNC(=S)Nc2ccccc2S(N)(=O)=O)c2cc(Cl)ccc21. The van der Waals surface area contributed by atoms with Gasteiger partial charge in [0.2, 0.25) is 10.0 Å². The lowest BCUT2D eigenvalue weighted by atomic mass is 10.1. The maximum Gasteiger partial charge on any atom is 0.279 e. The van der Waals surface area contributed by atoms with E-state index in [2.05, 4.69) is 22.4 Å². The lowest BCUT2D eigenvalue weighted by molar-refractivity contribution is -0.112. The summed E-state index contributed by atoms with van der Waals surface area (Å²) in [4.78, 5) is 14.1. The van der Waals surface area contributed by atoms with Crippen molar-refractivity contribution in [2.75, 3.05) is 16.8 Å². The molecular formula is C18H16ClN5O3S2. The molecule has 0 spiro atoms. The molecule has 1 heterocycles. The van der Waals surface area contributed by atoms with Crippen LogP contribution in [0.1, 0.15) is 5.56 Å². The van der Waals surface area contributed by atoms with Crippen molar-refractivity contribution in [3.05, 3.63) is 65.7 Å². The highest BCUT2D eigenvalue weighted by Gasteiger charge is 2.33. The van der Waals surface area contributed by atoms with Gasteiger partial charge in [-0.05, 0) is 42.5 Å². The van der Waals surface area contributed by atoms with Gasteiger partial charge in [-0.15, -0.1) is 6.58 Å². The zero-order valence-corrected chi connectivity index (χ0v) is 17.3. The van der Waals surface area contributed by atoms with E-state index in [4.69, 9.17) is 29.0 Å². The number of hydrogen-bond acceptors (Lipinski definition) is 5. The van der Waals surface area contributed by atoms with Crippen molar-refractivity contribution in [3.63, 3.8) is 0 Å². The number of nitrogens with two attached hydrogens (primary N) is 1. The monoisotopic (exact) mass is 449 g/mol. The van der Waals surface area contributed by atoms with Gasteiger partial charge in [-0.3, -0.25) is 10.2 Å². The first-order chi connectivity index (χ1) is 13.7. The number of thiocarbonyl (C=S) groups is 1. The molecule has 0 saturated heterocycles. The van der Waals surface area contributed by atoms with E-state index < -0.39 is 10.0 Å². The molecule has 0 bridgehead atoms. The van der Waals surface area contributed by atoms with Crippen LogP contribution in [-0.2, 0) is 14.8 Å². The van der Waals surface area contributed by atoms with Gasteiger partial charge in [0.05, 0.1) is 11.4 Å². The number of para-hydroxylation sites is 1. The van der Waals surface area contributed by atoms with Crippen molar-refractivity contribution in [2.45, 2.75) is 4.90 Å². The zero-order chi connectivity index (χ0) is 21.2. The minimum absolute atomic E-state index is 0.0212. The summed E-state index contributed by atoms with van der Waals surface area (Å²) in [6.07, 6.45) is 1.60. The van der Waals surface area contributed by atoms with Crippen LogP contribution in [0.2, 0.25) is 5.02 Å². The topological polar surface area (TPSA) is 117 Å². The molecule has 4 N–H and O–H groups in total. The summed E-state index contributed by atoms with van der Waals surface area (Å²) in [7, 11) is -3.95. The molecule has 0 atom stereocenters. The summed E-state index contributed by atoms with van der Waals surface area (Å²) in [6, 6.07) is 11.0. The molecular weight excluding hydrogens is 434 g/mol. The third-order valence-corrected chi connectivity index (χ3v) is 5.37. The van der Waals surface area contributed by atoms with Crippen molar-refractivity contribution in [1.29, 1.82) is 0 Å². The second-order valence-electron chi connectivity index (χ2n) is 5.93. The van der Waals surface area contributed by atoms with Crippen LogP contribution in [0.3, 0.4) is 0 Å². The number of hydrogen-bond donors (Lipinski definition) is 3. The first kappa shape index (κ1) is 20.9. The maximum atomic E-state index is 12.7. The summed E-state index contributed by atoms with van der Waals surface area (Å²) in [6.45, 7) is 3.96. The normalized spacial score (nSPS) is 14.6. The number of nitrogens with one attached hydrogen (secondary N) is 2. The van der Waals surface area contributed by atoms with Crippen LogP contribution in [-0.4, -0.2) is 31.7 Å². The molecule has 1 aliphatic heterocycles. The molecule has 2 aromatic carbocycles. The zero-order valence-electron chi connectivity index (χ0n) is 14.9. The molecule has 8 nitrogen and oxygen atoms in total. The number of amides is 1. The Hall–Kier alpha value is -2.79. The second kappa shape index (κ2) is 8.29. The Bertz CT molecular complexity index is 1150. The van der Waals surface area contributed by atoms with E-state index in [1.807, 2.05) is 0 Å². The lowest BCUT2D eigenvalue weighted by Crippen LogP contribution is -2.32. The number of hydrazone groups is 1. The number of primary sulfonamides is 1. The maximum absolute atomic E-state index is 12.7. The Balaban J connectivity index is 1.85. The van der Waals surface area contributed by atoms with Crippen LogP contribution in [0.4, 0.5) is 11.4 Å². The Morgan fingerprint density at radius 2 is 2.03 bits per heavy atom. The standard InChI is InChI=1S/C18H16ClN5O3S2/c1-2-9-24-14-8-7-11(19)10-12(14)16(17(24)25)22-23-18(28)21-13-5-3-4-6-15(13)29(20,26)27/h2-8,10H,1,9H2,(H2,20,26,27)(H2,21,23,28). The predicted octanol–water partition coefficient (Wildman–Crippen LogP) is 2.21. The van der Waals surface area contributed by atoms with Crippen molar-refractivity contribution in [3.8, 4) is 0 Å². The summed E-state index contributed by atoms with van der Waals surface area (Å²) < 4.78 is 23.4. The van der Waals surface area contributed by atoms with Gasteiger partial charge >= 0.3 is 0 Å². The predicted molar refractivity (Wildman–Crippen MR) is 118 cm³/mol. The average molecular weight is 450 g/mol. The van der Waals surface area contributed by atoms with Gasteiger partial charge < -0.3 is 10.2 Å². The molecule has 3 rings (SSSR count). The molecule has 29 heavy (non-hydrogen) atoms. The van der Waals surface area contributed by atoms with Crippen LogP contribution in [0.25, 0.3) is 0 Å². The van der Waals surface area contributed by atoms with Gasteiger partial charge in [0.25, 0.3) is 5.91 Å². The highest BCUT2D eigenvalue weighted by atomic mass is 35.5. The van der Waals surface area contributed by atoms with Crippen LogP contribution < -0.4 is 20.8 Å². The average Bonchev–Trinajstić information content (AvgIpc) is 2.91. The first-order valence-electron chi connectivity index (χ1n) is 8.21. The number of rotatable bonds is 5. The third kappa shape index (κ3) is 4.46. The highest BCUT2D eigenvalue weighted by Crippen LogP contribution is 2.31. The number of sulfonamides is 1. The first-order valence-corrected chi connectivity index (χ1v) is 10.5. The molecule has 1 aliphatic rings. The summed E-state index contributed by atoms with van der Waals surface area (Å²) in [5.41, 5.74) is 4.06. The quantitative estimate of drug-likeness (QED) is 0.366. The number of carbonyl (C=O) groups is 1. The smallest absolute Gasteiger partial charge is 0.279 e. The lowest BCUT2D eigenvalue weighted by Gasteiger charge is -2.13. The fourth-order valence-corrected chi connectivity index (χ4v) is 3.80. The van der Waals surface area contributed by atoms with Crippen LogP contribution in [0.5, 0.6) is 0 Å². The highest BCUT2D eigenvalue weighted by molar-refractivity contribution is 7.89. The largest absolute Gasteiger partial charge is 0.330 e. The minimum atomic E-state index is -3.95. The van der Waals surface area contributed by atoms with E-state index in [9.17, 15) is 13.2 Å². The number of anilines is 2. The molecule has 0 unspecified atom stereocenters. The number of fused-ring (bicyclic) bond motifs is 1. The van der Waals surface area contributed by atoms with Crippen molar-refractivity contribution in [2.24, 2.45) is 10.2 Å².